The highest BCUT2D eigenvalue weighted by Crippen LogP contribution is 2.25. The minimum Gasteiger partial charge on any atom is -0.289 e. The van der Waals surface area contributed by atoms with E-state index in [1.165, 1.54) is 6.08 Å². The van der Waals surface area contributed by atoms with Gasteiger partial charge in [0.05, 0.1) is 0 Å². The van der Waals surface area contributed by atoms with Crippen molar-refractivity contribution in [2.45, 2.75) is 26.7 Å². The fourth-order valence-corrected chi connectivity index (χ4v) is 2.11. The SMILES string of the molecule is CCCC1=CC(=O)c2c(C)cccc2C1=O. The Morgan fingerprint density at radius 1 is 1.19 bits per heavy atom. The van der Waals surface area contributed by atoms with E-state index in [0.29, 0.717) is 23.1 Å². The standard InChI is InChI=1S/C14H14O2/c1-3-5-10-8-12(15)13-9(2)6-4-7-11(13)14(10)16/h4,6-8H,3,5H2,1-2H3. The third-order valence-corrected chi connectivity index (χ3v) is 2.88. The molecule has 2 rings (SSSR count). The van der Waals surface area contributed by atoms with E-state index in [9.17, 15) is 9.59 Å². The molecule has 1 aliphatic rings. The third kappa shape index (κ3) is 1.60. The molecule has 0 unspecified atom stereocenters. The number of hydrogen-bond acceptors (Lipinski definition) is 2. The first-order valence-electron chi connectivity index (χ1n) is 5.54. The summed E-state index contributed by atoms with van der Waals surface area (Å²) in [6.45, 7) is 3.87. The molecular formula is C14H14O2. The smallest absolute Gasteiger partial charge is 0.189 e. The Morgan fingerprint density at radius 2 is 1.94 bits per heavy atom. The molecule has 1 aromatic carbocycles. The van der Waals surface area contributed by atoms with E-state index in [1.807, 2.05) is 26.0 Å². The Labute approximate surface area is 95.0 Å². The topological polar surface area (TPSA) is 34.1 Å². The van der Waals surface area contributed by atoms with E-state index in [1.54, 1.807) is 6.07 Å². The second-order valence-electron chi connectivity index (χ2n) is 4.11. The molecule has 0 saturated heterocycles. The summed E-state index contributed by atoms with van der Waals surface area (Å²) in [4.78, 5) is 24.0. The summed E-state index contributed by atoms with van der Waals surface area (Å²) in [6.07, 6.45) is 3.06. The maximum absolute atomic E-state index is 12.1. The van der Waals surface area contributed by atoms with Gasteiger partial charge in [-0.15, -0.1) is 0 Å². The summed E-state index contributed by atoms with van der Waals surface area (Å²) in [5.74, 6) is -0.0173. The zero-order valence-corrected chi connectivity index (χ0v) is 9.54. The monoisotopic (exact) mass is 214 g/mol. The highest BCUT2D eigenvalue weighted by Gasteiger charge is 2.25. The zero-order valence-electron chi connectivity index (χ0n) is 9.54. The number of carbonyl (C=O) groups excluding carboxylic acids is 2. The number of benzene rings is 1. The molecular weight excluding hydrogens is 200 g/mol. The van der Waals surface area contributed by atoms with Crippen LogP contribution in [0.3, 0.4) is 0 Å². The normalized spacial score (nSPS) is 14.8. The molecule has 0 atom stereocenters. The number of ketones is 2. The molecule has 16 heavy (non-hydrogen) atoms. The molecule has 0 aromatic heterocycles. The van der Waals surface area contributed by atoms with Crippen LogP contribution in [0.15, 0.2) is 29.8 Å². The lowest BCUT2D eigenvalue weighted by atomic mass is 9.85. The number of hydrogen-bond donors (Lipinski definition) is 0. The van der Waals surface area contributed by atoms with E-state index in [2.05, 4.69) is 0 Å². The first kappa shape index (κ1) is 10.8. The van der Waals surface area contributed by atoms with Gasteiger partial charge in [-0.25, -0.2) is 0 Å². The average Bonchev–Trinajstić information content (AvgIpc) is 2.25. The molecule has 0 N–H and O–H groups in total. The first-order chi connectivity index (χ1) is 7.65. The average molecular weight is 214 g/mol. The molecule has 2 nitrogen and oxygen atoms in total. The van der Waals surface area contributed by atoms with Gasteiger partial charge < -0.3 is 0 Å². The second-order valence-corrected chi connectivity index (χ2v) is 4.11. The number of Topliss-reactive ketones (excluding diaryl/α,β-unsaturated/α-hetero) is 1. The van der Waals surface area contributed by atoms with Gasteiger partial charge in [-0.3, -0.25) is 9.59 Å². The van der Waals surface area contributed by atoms with Crippen molar-refractivity contribution in [3.8, 4) is 0 Å². The predicted molar refractivity (Wildman–Crippen MR) is 62.8 cm³/mol. The van der Waals surface area contributed by atoms with Gasteiger partial charge in [-0.05, 0) is 25.0 Å². The molecule has 0 heterocycles. The van der Waals surface area contributed by atoms with Crippen LogP contribution in [0.5, 0.6) is 0 Å². The largest absolute Gasteiger partial charge is 0.289 e. The van der Waals surface area contributed by atoms with Gasteiger partial charge in [0, 0.05) is 16.7 Å². The molecule has 0 amide bonds. The maximum Gasteiger partial charge on any atom is 0.189 e. The molecule has 0 fully saturated rings. The summed E-state index contributed by atoms with van der Waals surface area (Å²) < 4.78 is 0. The zero-order chi connectivity index (χ0) is 11.7. The quantitative estimate of drug-likeness (QED) is 0.758. The Bertz CT molecular complexity index is 495. The fraction of sp³-hybridized carbons (Fsp3) is 0.286. The molecule has 0 saturated carbocycles. The lowest BCUT2D eigenvalue weighted by molar-refractivity contribution is 0.0981. The highest BCUT2D eigenvalue weighted by atomic mass is 16.1. The van der Waals surface area contributed by atoms with Gasteiger partial charge in [0.15, 0.2) is 11.6 Å². The van der Waals surface area contributed by atoms with E-state index >= 15 is 0 Å². The van der Waals surface area contributed by atoms with Crippen LogP contribution in [-0.4, -0.2) is 11.6 Å². The van der Waals surface area contributed by atoms with Gasteiger partial charge in [0.25, 0.3) is 0 Å². The van der Waals surface area contributed by atoms with Crippen LogP contribution in [0.1, 0.15) is 46.0 Å². The van der Waals surface area contributed by atoms with Crippen molar-refractivity contribution < 1.29 is 9.59 Å². The van der Waals surface area contributed by atoms with Crippen LogP contribution in [-0.2, 0) is 0 Å². The molecule has 1 aromatic rings. The van der Waals surface area contributed by atoms with Crippen LogP contribution in [0.25, 0.3) is 0 Å². The number of aryl methyl sites for hydroxylation is 1. The molecule has 0 spiro atoms. The lowest BCUT2D eigenvalue weighted by Crippen LogP contribution is -2.18. The number of rotatable bonds is 2. The minimum absolute atomic E-state index is 0.0140. The van der Waals surface area contributed by atoms with Crippen molar-refractivity contribution in [3.05, 3.63) is 46.5 Å². The maximum atomic E-state index is 12.1. The molecule has 0 bridgehead atoms. The summed E-state index contributed by atoms with van der Waals surface area (Å²) >= 11 is 0. The van der Waals surface area contributed by atoms with E-state index in [-0.39, 0.29) is 11.6 Å². The molecule has 0 aliphatic heterocycles. The van der Waals surface area contributed by atoms with Crippen molar-refractivity contribution in [1.82, 2.24) is 0 Å². The van der Waals surface area contributed by atoms with Crippen molar-refractivity contribution in [1.29, 1.82) is 0 Å². The number of fused-ring (bicyclic) bond motifs is 1. The van der Waals surface area contributed by atoms with Gasteiger partial charge in [-0.1, -0.05) is 31.5 Å². The fourth-order valence-electron chi connectivity index (χ4n) is 2.11. The summed E-state index contributed by atoms with van der Waals surface area (Å²) in [6, 6.07) is 5.43. The summed E-state index contributed by atoms with van der Waals surface area (Å²) in [5, 5.41) is 0. The molecule has 82 valence electrons. The van der Waals surface area contributed by atoms with Gasteiger partial charge in [-0.2, -0.15) is 0 Å². The summed E-state index contributed by atoms with van der Waals surface area (Å²) in [5.41, 5.74) is 2.66. The molecule has 2 heteroatoms. The Hall–Kier alpha value is -1.70. The number of carbonyl (C=O) groups is 2. The van der Waals surface area contributed by atoms with Crippen LogP contribution >= 0.6 is 0 Å². The van der Waals surface area contributed by atoms with Crippen LogP contribution in [0, 0.1) is 6.92 Å². The summed E-state index contributed by atoms with van der Waals surface area (Å²) in [7, 11) is 0. The van der Waals surface area contributed by atoms with E-state index in [0.717, 1.165) is 12.0 Å². The Kier molecular flexibility index (Phi) is 2.73. The van der Waals surface area contributed by atoms with Crippen LogP contribution in [0.2, 0.25) is 0 Å². The molecule has 0 radical (unpaired) electrons. The number of allylic oxidation sites excluding steroid dienone is 2. The van der Waals surface area contributed by atoms with Crippen molar-refractivity contribution in [2.75, 3.05) is 0 Å². The van der Waals surface area contributed by atoms with Crippen LogP contribution in [0.4, 0.5) is 0 Å². The van der Waals surface area contributed by atoms with Crippen molar-refractivity contribution >= 4 is 11.6 Å². The Morgan fingerprint density at radius 3 is 2.62 bits per heavy atom. The van der Waals surface area contributed by atoms with Gasteiger partial charge in [0.2, 0.25) is 0 Å². The van der Waals surface area contributed by atoms with Crippen molar-refractivity contribution in [2.24, 2.45) is 0 Å². The lowest BCUT2D eigenvalue weighted by Gasteiger charge is -2.16. The first-order valence-corrected chi connectivity index (χ1v) is 5.54. The highest BCUT2D eigenvalue weighted by molar-refractivity contribution is 6.25. The van der Waals surface area contributed by atoms with Gasteiger partial charge >= 0.3 is 0 Å². The minimum atomic E-state index is -0.0313. The second kappa shape index (κ2) is 4.05. The van der Waals surface area contributed by atoms with Crippen molar-refractivity contribution in [3.63, 3.8) is 0 Å². The van der Waals surface area contributed by atoms with E-state index < -0.39 is 0 Å². The third-order valence-electron chi connectivity index (χ3n) is 2.88. The predicted octanol–water partition coefficient (Wildman–Crippen LogP) is 3.10. The Balaban J connectivity index is 2.55. The van der Waals surface area contributed by atoms with E-state index in [4.69, 9.17) is 0 Å². The molecule has 1 aliphatic carbocycles. The van der Waals surface area contributed by atoms with Gasteiger partial charge in [0.1, 0.15) is 0 Å². The van der Waals surface area contributed by atoms with Crippen LogP contribution < -0.4 is 0 Å².